The number of nitrogens with zero attached hydrogens (tertiary/aromatic N) is 5. The maximum atomic E-state index is 14.3. The molecule has 5 aromatic rings. The molecular formula is C33H32N6O3S. The Morgan fingerprint density at radius 1 is 1.05 bits per heavy atom. The number of carbonyl (C=O) groups is 2. The number of methoxy groups -OCH3 is 1. The van der Waals surface area contributed by atoms with E-state index in [2.05, 4.69) is 27.8 Å². The number of benzene rings is 3. The number of carbonyl (C=O) groups excluding carboxylic acids is 2. The first-order valence-electron chi connectivity index (χ1n) is 14.3. The van der Waals surface area contributed by atoms with Crippen molar-refractivity contribution in [1.82, 2.24) is 24.9 Å². The first-order chi connectivity index (χ1) is 21.1. The summed E-state index contributed by atoms with van der Waals surface area (Å²) in [5.41, 5.74) is 3.95. The van der Waals surface area contributed by atoms with E-state index < -0.39 is 6.04 Å². The van der Waals surface area contributed by atoms with Crippen molar-refractivity contribution in [1.29, 1.82) is 0 Å². The van der Waals surface area contributed by atoms with Crippen molar-refractivity contribution in [3.63, 3.8) is 0 Å². The highest BCUT2D eigenvalue weighted by Crippen LogP contribution is 2.30. The summed E-state index contributed by atoms with van der Waals surface area (Å²) < 4.78 is 6.87. The number of ether oxygens (including phenoxy) is 1. The minimum atomic E-state index is -0.724. The molecule has 6 rings (SSSR count). The molecule has 3 aromatic carbocycles. The minimum absolute atomic E-state index is 0.0493. The highest BCUT2D eigenvalue weighted by Gasteiger charge is 2.37. The summed E-state index contributed by atoms with van der Waals surface area (Å²) in [6, 6.07) is 23.9. The second-order valence-corrected chi connectivity index (χ2v) is 11.4. The van der Waals surface area contributed by atoms with Crippen molar-refractivity contribution in [2.24, 2.45) is 5.92 Å². The molecule has 10 heteroatoms. The van der Waals surface area contributed by atoms with E-state index in [1.54, 1.807) is 41.0 Å². The lowest BCUT2D eigenvalue weighted by Gasteiger charge is -2.36. The maximum Gasteiger partial charge on any atom is 0.247 e. The van der Waals surface area contributed by atoms with Gasteiger partial charge < -0.3 is 15.0 Å². The van der Waals surface area contributed by atoms with Gasteiger partial charge in [-0.15, -0.1) is 16.4 Å². The predicted octanol–water partition coefficient (Wildman–Crippen LogP) is 5.96. The molecule has 2 heterocycles. The van der Waals surface area contributed by atoms with Gasteiger partial charge in [-0.2, -0.15) is 0 Å². The molecule has 2 aromatic heterocycles. The van der Waals surface area contributed by atoms with E-state index in [1.165, 1.54) is 11.3 Å². The molecule has 1 aliphatic carbocycles. The molecule has 43 heavy (non-hydrogen) atoms. The lowest BCUT2D eigenvalue weighted by atomic mass is 9.86. The van der Waals surface area contributed by atoms with Crippen LogP contribution in [0.2, 0.25) is 0 Å². The van der Waals surface area contributed by atoms with Crippen LogP contribution in [0.1, 0.15) is 24.3 Å². The van der Waals surface area contributed by atoms with Gasteiger partial charge in [0.15, 0.2) is 0 Å². The van der Waals surface area contributed by atoms with E-state index in [-0.39, 0.29) is 30.8 Å². The summed E-state index contributed by atoms with van der Waals surface area (Å²) in [5, 5.41) is 14.3. The van der Waals surface area contributed by atoms with Crippen LogP contribution < -0.4 is 10.1 Å². The Kier molecular flexibility index (Phi) is 8.55. The van der Waals surface area contributed by atoms with Crippen molar-refractivity contribution in [3.05, 3.63) is 101 Å². The molecule has 0 bridgehead atoms. The fourth-order valence-electron chi connectivity index (χ4n) is 5.47. The molecule has 2 amide bonds. The number of amides is 2. The van der Waals surface area contributed by atoms with Crippen LogP contribution in [0.5, 0.6) is 5.75 Å². The summed E-state index contributed by atoms with van der Waals surface area (Å²) in [7, 11) is 1.60. The number of nitrogens with one attached hydrogen (secondary N) is 1. The van der Waals surface area contributed by atoms with Crippen LogP contribution >= 0.6 is 11.3 Å². The van der Waals surface area contributed by atoms with Gasteiger partial charge in [0.2, 0.25) is 11.8 Å². The van der Waals surface area contributed by atoms with E-state index in [0.717, 1.165) is 34.6 Å². The number of allylic oxidation sites excluding steroid dienone is 2. The molecule has 0 saturated heterocycles. The van der Waals surface area contributed by atoms with Crippen molar-refractivity contribution in [2.45, 2.75) is 38.4 Å². The third-order valence-electron chi connectivity index (χ3n) is 7.67. The smallest absolute Gasteiger partial charge is 0.247 e. The lowest BCUT2D eigenvalue weighted by molar-refractivity contribution is -0.142. The molecule has 1 aliphatic rings. The molecule has 0 saturated carbocycles. The molecule has 9 nitrogen and oxygen atoms in total. The molecule has 0 unspecified atom stereocenters. The number of para-hydroxylation sites is 1. The van der Waals surface area contributed by atoms with Crippen LogP contribution in [-0.4, -0.2) is 49.8 Å². The lowest BCUT2D eigenvalue weighted by Crippen LogP contribution is -2.52. The molecular weight excluding hydrogens is 560 g/mol. The van der Waals surface area contributed by atoms with E-state index in [1.807, 2.05) is 60.0 Å². The average molecular weight is 593 g/mol. The van der Waals surface area contributed by atoms with E-state index in [4.69, 9.17) is 9.72 Å². The molecule has 0 aliphatic heterocycles. The first kappa shape index (κ1) is 28.3. The van der Waals surface area contributed by atoms with Gasteiger partial charge in [-0.25, -0.2) is 9.67 Å². The van der Waals surface area contributed by atoms with Crippen molar-refractivity contribution >= 4 is 39.9 Å². The SMILES string of the molecule is COc1ccc(NC(=O)[C@@H]([C@H]2CC=CCC2)N(Cc2nc(-c3ccccc3)cs2)C(=O)Cn2nnc3ccccc32)cc1. The molecule has 0 radical (unpaired) electrons. The van der Waals surface area contributed by atoms with E-state index in [0.29, 0.717) is 23.4 Å². The number of hydrogen-bond donors (Lipinski definition) is 1. The minimum Gasteiger partial charge on any atom is -0.497 e. The van der Waals surface area contributed by atoms with Crippen molar-refractivity contribution in [2.75, 3.05) is 12.4 Å². The van der Waals surface area contributed by atoms with Crippen molar-refractivity contribution < 1.29 is 14.3 Å². The molecule has 2 atom stereocenters. The van der Waals surface area contributed by atoms with Crippen LogP contribution in [0.25, 0.3) is 22.3 Å². The van der Waals surface area contributed by atoms with Gasteiger partial charge >= 0.3 is 0 Å². The zero-order valence-electron chi connectivity index (χ0n) is 23.8. The highest BCUT2D eigenvalue weighted by molar-refractivity contribution is 7.09. The maximum absolute atomic E-state index is 14.3. The first-order valence-corrected chi connectivity index (χ1v) is 15.1. The summed E-state index contributed by atoms with van der Waals surface area (Å²) in [4.78, 5) is 34.9. The Morgan fingerprint density at radius 2 is 1.84 bits per heavy atom. The Hall–Kier alpha value is -4.83. The summed E-state index contributed by atoms with van der Waals surface area (Å²) >= 11 is 1.49. The van der Waals surface area contributed by atoms with Gasteiger partial charge in [-0.3, -0.25) is 9.59 Å². The molecule has 218 valence electrons. The highest BCUT2D eigenvalue weighted by atomic mass is 32.1. The predicted molar refractivity (Wildman–Crippen MR) is 168 cm³/mol. The zero-order valence-corrected chi connectivity index (χ0v) is 24.6. The van der Waals surface area contributed by atoms with Crippen LogP contribution in [0.4, 0.5) is 5.69 Å². The number of fused-ring (bicyclic) bond motifs is 1. The summed E-state index contributed by atoms with van der Waals surface area (Å²) in [6.07, 6.45) is 6.58. The second-order valence-electron chi connectivity index (χ2n) is 10.5. The van der Waals surface area contributed by atoms with E-state index >= 15 is 0 Å². The van der Waals surface area contributed by atoms with Crippen LogP contribution in [0.3, 0.4) is 0 Å². The van der Waals surface area contributed by atoms with E-state index in [9.17, 15) is 9.59 Å². The fraction of sp³-hybridized carbons (Fsp3) is 0.242. The van der Waals surface area contributed by atoms with Gasteiger partial charge in [0.1, 0.15) is 28.9 Å². The third kappa shape index (κ3) is 6.49. The summed E-state index contributed by atoms with van der Waals surface area (Å²) in [5.74, 6) is 0.175. The molecule has 1 N–H and O–H groups in total. The summed E-state index contributed by atoms with van der Waals surface area (Å²) in [6.45, 7) is 0.149. The fourth-order valence-corrected chi connectivity index (χ4v) is 6.27. The topological polar surface area (TPSA) is 102 Å². The number of aromatic nitrogens is 4. The zero-order chi connectivity index (χ0) is 29.6. The number of thiazole rings is 1. The number of hydrogen-bond acceptors (Lipinski definition) is 7. The second kappa shape index (κ2) is 13.0. The normalized spacial score (nSPS) is 15.2. The van der Waals surface area contributed by atoms with Crippen LogP contribution in [0.15, 0.2) is 96.4 Å². The van der Waals surface area contributed by atoms with Crippen LogP contribution in [0, 0.1) is 5.92 Å². The van der Waals surface area contributed by atoms with Gasteiger partial charge in [-0.05, 0) is 61.6 Å². The Morgan fingerprint density at radius 3 is 2.60 bits per heavy atom. The van der Waals surface area contributed by atoms with Gasteiger partial charge in [0.05, 0.1) is 24.9 Å². The molecule has 0 spiro atoms. The number of anilines is 1. The van der Waals surface area contributed by atoms with Crippen LogP contribution in [-0.2, 0) is 22.7 Å². The largest absolute Gasteiger partial charge is 0.497 e. The van der Waals surface area contributed by atoms with Gasteiger partial charge in [-0.1, -0.05) is 59.8 Å². The quantitative estimate of drug-likeness (QED) is 0.201. The standard InChI is InChI=1S/C33H32N6O3S/c1-42-26-18-16-25(17-19-26)34-33(41)32(24-12-6-3-7-13-24)38(20-30-35-28(22-43-30)23-10-4-2-5-11-23)31(40)21-39-29-15-9-8-14-27(29)36-37-39/h2-6,8-11,14-19,22,24,32H,7,12-13,20-21H2,1H3,(H,34,41)/t24-,32+/m0/s1. The third-order valence-corrected chi connectivity index (χ3v) is 8.50. The number of rotatable bonds is 10. The van der Waals surface area contributed by atoms with Crippen molar-refractivity contribution in [3.8, 4) is 17.0 Å². The van der Waals surface area contributed by atoms with Gasteiger partial charge in [0.25, 0.3) is 0 Å². The monoisotopic (exact) mass is 592 g/mol. The Labute approximate surface area is 253 Å². The Bertz CT molecular complexity index is 1730. The average Bonchev–Trinajstić information content (AvgIpc) is 3.69. The molecule has 0 fully saturated rings. The van der Waals surface area contributed by atoms with Gasteiger partial charge in [0, 0.05) is 16.6 Å². The Balaban J connectivity index is 1.35.